The second kappa shape index (κ2) is 6.83. The van der Waals surface area contributed by atoms with Gasteiger partial charge in [0, 0.05) is 11.8 Å². The first-order valence-corrected chi connectivity index (χ1v) is 7.41. The Kier molecular flexibility index (Phi) is 4.43. The van der Waals surface area contributed by atoms with E-state index >= 15 is 0 Å². The van der Waals surface area contributed by atoms with Gasteiger partial charge >= 0.3 is 0 Å². The van der Waals surface area contributed by atoms with Crippen molar-refractivity contribution in [2.45, 2.75) is 0 Å². The van der Waals surface area contributed by atoms with Gasteiger partial charge in [-0.25, -0.2) is 0 Å². The minimum Gasteiger partial charge on any atom is -0.495 e. The Balaban J connectivity index is 1.93. The summed E-state index contributed by atoms with van der Waals surface area (Å²) in [6, 6.07) is 17.9. The number of amides is 1. The summed E-state index contributed by atoms with van der Waals surface area (Å²) in [6.07, 6.45) is 1.40. The molecular weight excluding hydrogens is 304 g/mol. The van der Waals surface area contributed by atoms with Crippen LogP contribution in [0.25, 0.3) is 11.1 Å². The van der Waals surface area contributed by atoms with Crippen LogP contribution in [0.15, 0.2) is 71.7 Å². The molecule has 0 spiro atoms. The molecule has 0 saturated heterocycles. The van der Waals surface area contributed by atoms with Crippen molar-refractivity contribution in [2.24, 2.45) is 0 Å². The van der Waals surface area contributed by atoms with Crippen LogP contribution in [0.4, 0.5) is 5.69 Å². The van der Waals surface area contributed by atoms with Crippen molar-refractivity contribution in [1.82, 2.24) is 4.98 Å². The first-order chi connectivity index (χ1) is 11.7. The number of ether oxygens (including phenoxy) is 1. The molecule has 0 fully saturated rings. The summed E-state index contributed by atoms with van der Waals surface area (Å²) in [6.45, 7) is 0. The van der Waals surface area contributed by atoms with Gasteiger partial charge in [-0.05, 0) is 23.8 Å². The van der Waals surface area contributed by atoms with E-state index in [2.05, 4.69) is 10.3 Å². The largest absolute Gasteiger partial charge is 0.495 e. The first kappa shape index (κ1) is 15.6. The Hall–Kier alpha value is -3.34. The number of hydrogen-bond donors (Lipinski definition) is 2. The van der Waals surface area contributed by atoms with Crippen LogP contribution in [0.5, 0.6) is 5.75 Å². The first-order valence-electron chi connectivity index (χ1n) is 7.41. The second-order valence-corrected chi connectivity index (χ2v) is 5.15. The maximum atomic E-state index is 12.5. The molecule has 3 rings (SSSR count). The fourth-order valence-electron chi connectivity index (χ4n) is 2.39. The fraction of sp³-hybridized carbons (Fsp3) is 0.0526. The average Bonchev–Trinajstić information content (AvgIpc) is 2.63. The Labute approximate surface area is 138 Å². The van der Waals surface area contributed by atoms with Gasteiger partial charge in [0.05, 0.1) is 18.4 Å². The van der Waals surface area contributed by atoms with Gasteiger partial charge in [-0.3, -0.25) is 9.59 Å². The summed E-state index contributed by atoms with van der Waals surface area (Å²) in [5, 5.41) is 2.79. The number of anilines is 1. The van der Waals surface area contributed by atoms with E-state index in [4.69, 9.17) is 4.74 Å². The van der Waals surface area contributed by atoms with E-state index in [0.29, 0.717) is 22.6 Å². The lowest BCUT2D eigenvalue weighted by Gasteiger charge is -2.10. The average molecular weight is 320 g/mol. The van der Waals surface area contributed by atoms with Crippen LogP contribution < -0.4 is 15.6 Å². The SMILES string of the molecule is COc1ccccc1NC(=O)c1c[nH]c(=O)c(-c2ccccc2)c1. The lowest BCUT2D eigenvalue weighted by atomic mass is 10.1. The summed E-state index contributed by atoms with van der Waals surface area (Å²) in [7, 11) is 1.54. The van der Waals surface area contributed by atoms with Gasteiger partial charge in [-0.1, -0.05) is 42.5 Å². The Morgan fingerprint density at radius 3 is 2.50 bits per heavy atom. The predicted molar refractivity (Wildman–Crippen MR) is 93.4 cm³/mol. The van der Waals surface area contributed by atoms with Gasteiger partial charge in [-0.2, -0.15) is 0 Å². The van der Waals surface area contributed by atoms with Crippen LogP contribution in [-0.4, -0.2) is 18.0 Å². The zero-order valence-corrected chi connectivity index (χ0v) is 13.1. The highest BCUT2D eigenvalue weighted by Gasteiger charge is 2.12. The quantitative estimate of drug-likeness (QED) is 0.775. The minimum atomic E-state index is -0.326. The topological polar surface area (TPSA) is 71.2 Å². The highest BCUT2D eigenvalue weighted by atomic mass is 16.5. The Morgan fingerprint density at radius 1 is 1.04 bits per heavy atom. The number of benzene rings is 2. The monoisotopic (exact) mass is 320 g/mol. The number of carbonyl (C=O) groups is 1. The molecule has 3 aromatic rings. The molecule has 0 saturated carbocycles. The number of para-hydroxylation sites is 2. The van der Waals surface area contributed by atoms with Crippen LogP contribution >= 0.6 is 0 Å². The summed E-state index contributed by atoms with van der Waals surface area (Å²) in [5.41, 5.74) is 1.89. The second-order valence-electron chi connectivity index (χ2n) is 5.15. The maximum absolute atomic E-state index is 12.5. The third-order valence-electron chi connectivity index (χ3n) is 3.61. The number of rotatable bonds is 4. The van der Waals surface area contributed by atoms with E-state index in [1.165, 1.54) is 6.20 Å². The number of carbonyl (C=O) groups excluding carboxylic acids is 1. The molecule has 0 aliphatic heterocycles. The highest BCUT2D eigenvalue weighted by Crippen LogP contribution is 2.24. The van der Waals surface area contributed by atoms with Crippen LogP contribution in [0.2, 0.25) is 0 Å². The maximum Gasteiger partial charge on any atom is 0.257 e. The molecule has 0 atom stereocenters. The molecule has 1 aromatic heterocycles. The lowest BCUT2D eigenvalue weighted by molar-refractivity contribution is 0.102. The summed E-state index contributed by atoms with van der Waals surface area (Å²) in [4.78, 5) is 27.1. The normalized spacial score (nSPS) is 10.2. The van der Waals surface area contributed by atoms with Gasteiger partial charge in [0.25, 0.3) is 11.5 Å². The standard InChI is InChI=1S/C19H16N2O3/c1-24-17-10-6-5-9-16(17)21-18(22)14-11-15(19(23)20-12-14)13-7-3-2-4-8-13/h2-12H,1H3,(H,20,23)(H,21,22). The highest BCUT2D eigenvalue weighted by molar-refractivity contribution is 6.05. The van der Waals surface area contributed by atoms with E-state index in [0.717, 1.165) is 5.56 Å². The minimum absolute atomic E-state index is 0.241. The molecule has 0 radical (unpaired) electrons. The van der Waals surface area contributed by atoms with Gasteiger partial charge < -0.3 is 15.0 Å². The molecule has 0 aliphatic rings. The molecule has 0 aliphatic carbocycles. The van der Waals surface area contributed by atoms with Gasteiger partial charge in [0.15, 0.2) is 0 Å². The number of pyridine rings is 1. The molecule has 5 heteroatoms. The summed E-state index contributed by atoms with van der Waals surface area (Å²) in [5.74, 6) is 0.242. The third-order valence-corrected chi connectivity index (χ3v) is 3.61. The van der Waals surface area contributed by atoms with Crippen molar-refractivity contribution in [3.05, 3.63) is 82.8 Å². The molecule has 2 aromatic carbocycles. The molecular formula is C19H16N2O3. The molecule has 24 heavy (non-hydrogen) atoms. The van der Waals surface area contributed by atoms with E-state index in [1.807, 2.05) is 36.4 Å². The number of nitrogens with one attached hydrogen (secondary N) is 2. The number of hydrogen-bond acceptors (Lipinski definition) is 3. The molecule has 1 heterocycles. The number of H-pyrrole nitrogens is 1. The van der Waals surface area contributed by atoms with E-state index in [9.17, 15) is 9.59 Å². The third kappa shape index (κ3) is 3.20. The molecule has 0 bridgehead atoms. The van der Waals surface area contributed by atoms with Crippen molar-refractivity contribution in [3.63, 3.8) is 0 Å². The summed E-state index contributed by atoms with van der Waals surface area (Å²) < 4.78 is 5.22. The van der Waals surface area contributed by atoms with Crippen LogP contribution in [0.1, 0.15) is 10.4 Å². The lowest BCUT2D eigenvalue weighted by Crippen LogP contribution is -2.16. The van der Waals surface area contributed by atoms with Crippen LogP contribution in [-0.2, 0) is 0 Å². The van der Waals surface area contributed by atoms with Crippen molar-refractivity contribution in [1.29, 1.82) is 0 Å². The number of aromatic nitrogens is 1. The summed E-state index contributed by atoms with van der Waals surface area (Å²) >= 11 is 0. The van der Waals surface area contributed by atoms with Crippen LogP contribution in [0.3, 0.4) is 0 Å². The molecule has 5 nitrogen and oxygen atoms in total. The fourth-order valence-corrected chi connectivity index (χ4v) is 2.39. The van der Waals surface area contributed by atoms with E-state index < -0.39 is 0 Å². The van der Waals surface area contributed by atoms with Crippen molar-refractivity contribution >= 4 is 11.6 Å². The van der Waals surface area contributed by atoms with Crippen molar-refractivity contribution < 1.29 is 9.53 Å². The Bertz CT molecular complexity index is 917. The van der Waals surface area contributed by atoms with E-state index in [1.54, 1.807) is 31.4 Å². The molecule has 120 valence electrons. The molecule has 0 unspecified atom stereocenters. The van der Waals surface area contributed by atoms with Gasteiger partial charge in [-0.15, -0.1) is 0 Å². The number of aromatic amines is 1. The van der Waals surface area contributed by atoms with Gasteiger partial charge in [0.2, 0.25) is 0 Å². The van der Waals surface area contributed by atoms with Crippen LogP contribution in [0, 0.1) is 0 Å². The van der Waals surface area contributed by atoms with Crippen molar-refractivity contribution in [3.8, 4) is 16.9 Å². The zero-order chi connectivity index (χ0) is 16.9. The smallest absolute Gasteiger partial charge is 0.257 e. The van der Waals surface area contributed by atoms with Crippen molar-refractivity contribution in [2.75, 3.05) is 12.4 Å². The number of methoxy groups -OCH3 is 1. The predicted octanol–water partition coefficient (Wildman–Crippen LogP) is 3.30. The zero-order valence-electron chi connectivity index (χ0n) is 13.1. The van der Waals surface area contributed by atoms with E-state index in [-0.39, 0.29) is 11.5 Å². The Morgan fingerprint density at radius 2 is 1.75 bits per heavy atom. The molecule has 2 N–H and O–H groups in total. The molecule has 1 amide bonds. The van der Waals surface area contributed by atoms with Gasteiger partial charge in [0.1, 0.15) is 5.75 Å².